The number of fused-ring (bicyclic) bond motifs is 2. The summed E-state index contributed by atoms with van der Waals surface area (Å²) in [6.45, 7) is 6.28. The van der Waals surface area contributed by atoms with E-state index in [1.54, 1.807) is 16.8 Å². The summed E-state index contributed by atoms with van der Waals surface area (Å²) in [4.78, 5) is 4.19. The molecule has 2 atom stereocenters. The fraction of sp³-hybridized carbons (Fsp3) is 0.364. The average molecular weight is 427 g/mol. The molecule has 1 saturated heterocycles. The van der Waals surface area contributed by atoms with Crippen LogP contribution in [0, 0.1) is 12.7 Å². The van der Waals surface area contributed by atoms with Crippen LogP contribution in [-0.2, 0) is 0 Å². The molecule has 30 heavy (non-hydrogen) atoms. The Balaban J connectivity index is 1.49. The topological polar surface area (TPSA) is 70.0 Å². The number of benzene rings is 1. The lowest BCUT2D eigenvalue weighted by atomic mass is 9.83. The molecule has 0 spiro atoms. The van der Waals surface area contributed by atoms with Gasteiger partial charge < -0.3 is 15.0 Å². The van der Waals surface area contributed by atoms with Crippen molar-refractivity contribution in [2.24, 2.45) is 0 Å². The van der Waals surface area contributed by atoms with E-state index in [2.05, 4.69) is 45.7 Å². The predicted octanol–water partition coefficient (Wildman–Crippen LogP) is 5.30. The van der Waals surface area contributed by atoms with Gasteiger partial charge in [0.05, 0.1) is 27.3 Å². The van der Waals surface area contributed by atoms with Crippen LogP contribution in [0.3, 0.4) is 0 Å². The van der Waals surface area contributed by atoms with E-state index in [1.165, 1.54) is 11.6 Å². The molecule has 5 rings (SSSR count). The number of aryl methyl sites for hydroxylation is 1. The van der Waals surface area contributed by atoms with Gasteiger partial charge in [-0.25, -0.2) is 9.37 Å². The number of halogens is 2. The van der Waals surface area contributed by atoms with E-state index in [0.717, 1.165) is 29.4 Å². The molecule has 0 bridgehead atoms. The van der Waals surface area contributed by atoms with Crippen LogP contribution in [-0.4, -0.2) is 31.7 Å². The third kappa shape index (κ3) is 3.42. The second kappa shape index (κ2) is 7.25. The molecule has 0 aliphatic carbocycles. The number of rotatable bonds is 3. The Hall–Kier alpha value is -2.64. The number of imidazole rings is 1. The quantitative estimate of drug-likeness (QED) is 0.415. The Morgan fingerprint density at radius 2 is 1.93 bits per heavy atom. The highest BCUT2D eigenvalue weighted by atomic mass is 35.5. The number of nitrogens with zero attached hydrogens (tertiary/aromatic N) is 3. The molecule has 1 aliphatic rings. The van der Waals surface area contributed by atoms with Crippen molar-refractivity contribution in [3.05, 3.63) is 52.7 Å². The van der Waals surface area contributed by atoms with E-state index in [9.17, 15) is 4.39 Å². The summed E-state index contributed by atoms with van der Waals surface area (Å²) in [7, 11) is 0. The summed E-state index contributed by atoms with van der Waals surface area (Å²) in [6.07, 6.45) is 5.73. The molecule has 4 heterocycles. The van der Waals surface area contributed by atoms with Gasteiger partial charge in [-0.2, -0.15) is 5.10 Å². The maximum Gasteiger partial charge on any atom is 0.173 e. The first-order chi connectivity index (χ1) is 14.4. The van der Waals surface area contributed by atoms with Crippen molar-refractivity contribution in [2.45, 2.75) is 51.6 Å². The van der Waals surface area contributed by atoms with Gasteiger partial charge in [-0.3, -0.25) is 5.10 Å². The van der Waals surface area contributed by atoms with Crippen molar-refractivity contribution in [3.8, 4) is 0 Å². The minimum atomic E-state index is -0.393. The van der Waals surface area contributed by atoms with Gasteiger partial charge in [-0.1, -0.05) is 11.6 Å². The van der Waals surface area contributed by atoms with E-state index in [0.29, 0.717) is 40.2 Å². The first-order valence-corrected chi connectivity index (χ1v) is 10.6. The first-order valence-electron chi connectivity index (χ1n) is 10.2. The predicted molar refractivity (Wildman–Crippen MR) is 118 cm³/mol. The molecule has 1 fully saturated rings. The maximum atomic E-state index is 14.4. The number of hydrogen-bond acceptors (Lipinski definition) is 4. The fourth-order valence-corrected chi connectivity index (χ4v) is 5.00. The maximum absolute atomic E-state index is 14.4. The van der Waals surface area contributed by atoms with Crippen molar-refractivity contribution in [2.75, 3.05) is 5.32 Å². The Morgan fingerprint density at radius 3 is 2.70 bits per heavy atom. The number of hydrogen-bond donors (Lipinski definition) is 3. The standard InChI is InChI=1S/C22H24ClFN6/c1-11-4-14(5-12(2)25-11)15-6-17(23)20-19(7-15)28-29-21(20)27-16-8-18(24)22-26-13(3)9-30(22)10-16/h6-12,14,25H,4-5H2,1-3H3,(H2,27,28,29)/t11-,12-/m0/s1. The minimum Gasteiger partial charge on any atom is -0.337 e. The van der Waals surface area contributed by atoms with Crippen molar-refractivity contribution in [1.82, 2.24) is 24.9 Å². The van der Waals surface area contributed by atoms with Crippen molar-refractivity contribution in [3.63, 3.8) is 0 Å². The van der Waals surface area contributed by atoms with E-state index in [4.69, 9.17) is 11.6 Å². The molecular weight excluding hydrogens is 403 g/mol. The molecule has 8 heteroatoms. The summed E-state index contributed by atoms with van der Waals surface area (Å²) in [6, 6.07) is 6.55. The van der Waals surface area contributed by atoms with Crippen LogP contribution in [0.15, 0.2) is 30.6 Å². The number of H-pyrrole nitrogens is 1. The molecule has 0 radical (unpaired) electrons. The molecule has 6 nitrogen and oxygen atoms in total. The van der Waals surface area contributed by atoms with Crippen molar-refractivity contribution >= 4 is 39.7 Å². The van der Waals surface area contributed by atoms with Crippen LogP contribution in [0.2, 0.25) is 5.02 Å². The third-order valence-electron chi connectivity index (χ3n) is 5.84. The minimum absolute atomic E-state index is 0.304. The van der Waals surface area contributed by atoms with E-state index < -0.39 is 5.82 Å². The zero-order valence-electron chi connectivity index (χ0n) is 17.1. The summed E-state index contributed by atoms with van der Waals surface area (Å²) < 4.78 is 16.1. The molecule has 4 aromatic rings. The molecule has 3 N–H and O–H groups in total. The van der Waals surface area contributed by atoms with Crippen LogP contribution in [0.4, 0.5) is 15.9 Å². The smallest absolute Gasteiger partial charge is 0.173 e. The summed E-state index contributed by atoms with van der Waals surface area (Å²) in [5.74, 6) is 0.637. The highest BCUT2D eigenvalue weighted by Crippen LogP contribution is 2.37. The van der Waals surface area contributed by atoms with E-state index in [-0.39, 0.29) is 0 Å². The van der Waals surface area contributed by atoms with Gasteiger partial charge in [0.2, 0.25) is 0 Å². The van der Waals surface area contributed by atoms with Gasteiger partial charge in [-0.05, 0) is 57.2 Å². The van der Waals surface area contributed by atoms with Crippen LogP contribution < -0.4 is 10.6 Å². The number of nitrogens with one attached hydrogen (secondary N) is 3. The number of piperidine rings is 1. The largest absolute Gasteiger partial charge is 0.337 e. The molecule has 156 valence electrons. The zero-order chi connectivity index (χ0) is 21.0. The Kier molecular flexibility index (Phi) is 4.67. The van der Waals surface area contributed by atoms with Crippen LogP contribution in [0.5, 0.6) is 0 Å². The highest BCUT2D eigenvalue weighted by Gasteiger charge is 2.25. The van der Waals surface area contributed by atoms with Crippen molar-refractivity contribution < 1.29 is 4.39 Å². The molecule has 0 amide bonds. The Labute approximate surface area is 178 Å². The average Bonchev–Trinajstić information content (AvgIpc) is 3.24. The lowest BCUT2D eigenvalue weighted by molar-refractivity contribution is 0.317. The normalized spacial score (nSPS) is 22.1. The molecule has 3 aromatic heterocycles. The Morgan fingerprint density at radius 1 is 1.17 bits per heavy atom. The summed E-state index contributed by atoms with van der Waals surface area (Å²) in [5.41, 5.74) is 3.74. The zero-order valence-corrected chi connectivity index (χ0v) is 17.9. The van der Waals surface area contributed by atoms with E-state index >= 15 is 0 Å². The molecule has 0 unspecified atom stereocenters. The lowest BCUT2D eigenvalue weighted by Crippen LogP contribution is -2.41. The van der Waals surface area contributed by atoms with Crippen LogP contribution in [0.1, 0.15) is 43.9 Å². The van der Waals surface area contributed by atoms with Gasteiger partial charge in [0.15, 0.2) is 17.3 Å². The van der Waals surface area contributed by atoms with Gasteiger partial charge in [-0.15, -0.1) is 0 Å². The number of pyridine rings is 1. The van der Waals surface area contributed by atoms with Gasteiger partial charge >= 0.3 is 0 Å². The monoisotopic (exact) mass is 426 g/mol. The van der Waals surface area contributed by atoms with Gasteiger partial charge in [0.25, 0.3) is 0 Å². The number of aromatic amines is 1. The summed E-state index contributed by atoms with van der Waals surface area (Å²) >= 11 is 6.69. The van der Waals surface area contributed by atoms with Crippen LogP contribution >= 0.6 is 11.6 Å². The molecular formula is C22H24ClFN6. The highest BCUT2D eigenvalue weighted by molar-refractivity contribution is 6.36. The molecule has 1 aliphatic heterocycles. The van der Waals surface area contributed by atoms with Gasteiger partial charge in [0.1, 0.15) is 0 Å². The fourth-order valence-electron chi connectivity index (χ4n) is 4.68. The second-order valence-electron chi connectivity index (χ2n) is 8.45. The first kappa shape index (κ1) is 19.3. The molecule has 1 aromatic carbocycles. The SMILES string of the molecule is Cc1cn2cc(Nc3n[nH]c4cc(C5C[C@H](C)N[C@@H](C)C5)cc(Cl)c34)cc(F)c2n1. The number of aromatic nitrogens is 4. The van der Waals surface area contributed by atoms with Crippen LogP contribution in [0.25, 0.3) is 16.6 Å². The Bertz CT molecular complexity index is 1240. The number of anilines is 2. The van der Waals surface area contributed by atoms with E-state index in [1.807, 2.05) is 13.0 Å². The van der Waals surface area contributed by atoms with Gasteiger partial charge in [0, 0.05) is 30.5 Å². The van der Waals surface area contributed by atoms with Crippen molar-refractivity contribution in [1.29, 1.82) is 0 Å². The summed E-state index contributed by atoms with van der Waals surface area (Å²) in [5, 5.41) is 15.7. The third-order valence-corrected chi connectivity index (χ3v) is 6.14. The lowest BCUT2D eigenvalue weighted by Gasteiger charge is -2.33. The molecule has 0 saturated carbocycles. The second-order valence-corrected chi connectivity index (χ2v) is 8.86.